The molecule has 0 radical (unpaired) electrons. The van der Waals surface area contributed by atoms with Gasteiger partial charge < -0.3 is 47.6 Å². The summed E-state index contributed by atoms with van der Waals surface area (Å²) in [6, 6.07) is -6.27. The number of hydrogen-bond acceptors (Lipinski definition) is 10. The summed E-state index contributed by atoms with van der Waals surface area (Å²) in [4.78, 5) is 94.6. The Kier molecular flexibility index (Phi) is 15.7. The summed E-state index contributed by atoms with van der Waals surface area (Å²) in [6.07, 6.45) is -0.233. The van der Waals surface area contributed by atoms with Gasteiger partial charge in [-0.3, -0.25) is 33.6 Å². The fourth-order valence-corrected chi connectivity index (χ4v) is 3.18. The molecule has 0 saturated carbocycles. The third-order valence-corrected chi connectivity index (χ3v) is 5.29. The lowest BCUT2D eigenvalue weighted by molar-refractivity contribution is -0.145. The molecule has 0 aliphatic rings. The van der Waals surface area contributed by atoms with Crippen molar-refractivity contribution >= 4 is 59.2 Å². The zero-order valence-corrected chi connectivity index (χ0v) is 21.5. The van der Waals surface area contributed by atoms with Crippen molar-refractivity contribution in [2.45, 2.75) is 50.4 Å². The van der Waals surface area contributed by atoms with E-state index in [4.69, 9.17) is 15.9 Å². The van der Waals surface area contributed by atoms with Gasteiger partial charge in [-0.05, 0) is 25.4 Å². The maximum absolute atomic E-state index is 12.7. The molecule has 0 fully saturated rings. The average Bonchev–Trinajstić information content (AvgIpc) is 2.82. The van der Waals surface area contributed by atoms with Crippen molar-refractivity contribution in [2.24, 2.45) is 5.73 Å². The minimum absolute atomic E-state index is 0.00713. The number of thioether (sulfide) groups is 1. The normalized spacial score (nSPS) is 13.6. The Balaban J connectivity index is 5.46. The number of aliphatic carboxylic acids is 3. The van der Waals surface area contributed by atoms with Gasteiger partial charge >= 0.3 is 17.9 Å². The van der Waals surface area contributed by atoms with Gasteiger partial charge in [-0.1, -0.05) is 0 Å². The van der Waals surface area contributed by atoms with E-state index in [9.17, 15) is 43.5 Å². The van der Waals surface area contributed by atoms with Crippen LogP contribution < -0.4 is 32.3 Å². The molecule has 0 aliphatic heterocycles. The second-order valence-electron chi connectivity index (χ2n) is 7.77. The molecule has 4 atom stereocenters. The van der Waals surface area contributed by atoms with Gasteiger partial charge in [0.05, 0.1) is 25.9 Å². The summed E-state index contributed by atoms with van der Waals surface area (Å²) >= 11 is 1.31. The number of hydrogen-bond donors (Lipinski definition) is 9. The second-order valence-corrected chi connectivity index (χ2v) is 8.75. The fourth-order valence-electron chi connectivity index (χ4n) is 2.71. The van der Waals surface area contributed by atoms with Crippen molar-refractivity contribution in [3.63, 3.8) is 0 Å². The minimum atomic E-state index is -1.80. The van der Waals surface area contributed by atoms with Crippen LogP contribution in [0.1, 0.15) is 26.2 Å². The van der Waals surface area contributed by atoms with E-state index in [2.05, 4.69) is 21.3 Å². The van der Waals surface area contributed by atoms with Gasteiger partial charge in [-0.15, -0.1) is 0 Å². The highest BCUT2D eigenvalue weighted by Gasteiger charge is 2.32. The van der Waals surface area contributed by atoms with Crippen molar-refractivity contribution in [3.8, 4) is 0 Å². The van der Waals surface area contributed by atoms with Crippen LogP contribution in [0.25, 0.3) is 0 Å². The number of carbonyl (C=O) groups excluding carboxylic acids is 5. The summed E-state index contributed by atoms with van der Waals surface area (Å²) in [6.45, 7) is 0.326. The Morgan fingerprint density at radius 2 is 1.21 bits per heavy atom. The quantitative estimate of drug-likeness (QED) is 0.0764. The van der Waals surface area contributed by atoms with Crippen LogP contribution >= 0.6 is 11.8 Å². The first-order valence-electron chi connectivity index (χ1n) is 11.0. The van der Waals surface area contributed by atoms with E-state index in [1.165, 1.54) is 18.7 Å². The summed E-state index contributed by atoms with van der Waals surface area (Å²) in [5.41, 5.74) is 5.09. The Morgan fingerprint density at radius 3 is 1.63 bits per heavy atom. The zero-order valence-electron chi connectivity index (χ0n) is 20.6. The number of amides is 5. The molecule has 0 spiro atoms. The van der Waals surface area contributed by atoms with Crippen LogP contribution in [0, 0.1) is 0 Å². The molecule has 0 bridgehead atoms. The molecule has 0 rings (SSSR count). The van der Waals surface area contributed by atoms with Crippen molar-refractivity contribution in [1.29, 1.82) is 0 Å². The third-order valence-electron chi connectivity index (χ3n) is 4.65. The molecule has 5 amide bonds. The van der Waals surface area contributed by atoms with Crippen molar-refractivity contribution in [3.05, 3.63) is 0 Å². The minimum Gasteiger partial charge on any atom is -0.481 e. The smallest absolute Gasteiger partial charge is 0.326 e. The number of carboxylic acid groups (broad SMARTS) is 3. The SMILES string of the molecule is CSCC[C@H](NC(=O)[C@H](CC(=O)O)NC(=O)[C@H](CC(=O)O)NC(=O)[C@H](C)NC(=O)CNC(=O)CN)C(=O)O. The van der Waals surface area contributed by atoms with E-state index in [1.807, 2.05) is 5.32 Å². The first-order valence-corrected chi connectivity index (χ1v) is 12.4. The van der Waals surface area contributed by atoms with Crippen LogP contribution in [0.5, 0.6) is 0 Å². The Labute approximate surface area is 221 Å². The lowest BCUT2D eigenvalue weighted by atomic mass is 10.1. The maximum atomic E-state index is 12.7. The predicted octanol–water partition coefficient (Wildman–Crippen LogP) is -4.19. The van der Waals surface area contributed by atoms with E-state index >= 15 is 0 Å². The van der Waals surface area contributed by atoms with Gasteiger partial charge in [-0.2, -0.15) is 11.8 Å². The van der Waals surface area contributed by atoms with E-state index < -0.39 is 91.0 Å². The van der Waals surface area contributed by atoms with Crippen LogP contribution in [0.3, 0.4) is 0 Å². The first kappa shape index (κ1) is 34.1. The van der Waals surface area contributed by atoms with E-state index in [1.54, 1.807) is 6.26 Å². The lowest BCUT2D eigenvalue weighted by Crippen LogP contribution is -2.58. The standard InChI is InChI=1S/C20H32N6O11S/c1-9(23-14(28)8-22-13(27)7-21)17(33)25-11(5-15(29)30)19(35)26-12(6-16(31)32)18(34)24-10(20(36)37)3-4-38-2/h9-12H,3-8,21H2,1-2H3,(H,22,27)(H,23,28)(H,24,34)(H,25,33)(H,26,35)(H,29,30)(H,31,32)(H,36,37)/t9-,10-,11-,12-/m0/s1. The topological polar surface area (TPSA) is 283 Å². The van der Waals surface area contributed by atoms with Crippen molar-refractivity contribution in [1.82, 2.24) is 26.6 Å². The Bertz CT molecular complexity index is 916. The van der Waals surface area contributed by atoms with Crippen molar-refractivity contribution in [2.75, 3.05) is 25.1 Å². The van der Waals surface area contributed by atoms with Crippen molar-refractivity contribution < 1.29 is 53.7 Å². The molecule has 18 heteroatoms. The number of rotatable bonds is 18. The average molecular weight is 565 g/mol. The van der Waals surface area contributed by atoms with Gasteiger partial charge in [0.15, 0.2) is 0 Å². The fraction of sp³-hybridized carbons (Fsp3) is 0.600. The summed E-state index contributed by atoms with van der Waals surface area (Å²) in [5, 5.41) is 38.1. The Morgan fingerprint density at radius 1 is 0.737 bits per heavy atom. The molecule has 38 heavy (non-hydrogen) atoms. The maximum Gasteiger partial charge on any atom is 0.326 e. The lowest BCUT2D eigenvalue weighted by Gasteiger charge is -2.24. The van der Waals surface area contributed by atoms with Gasteiger partial charge in [-0.25, -0.2) is 4.79 Å². The third kappa shape index (κ3) is 14.0. The van der Waals surface area contributed by atoms with E-state index in [0.29, 0.717) is 5.75 Å². The molecule has 0 unspecified atom stereocenters. The molecule has 0 aromatic heterocycles. The molecule has 0 aliphatic carbocycles. The van der Waals surface area contributed by atoms with Crippen LogP contribution in [-0.2, 0) is 38.4 Å². The molecule has 0 aromatic carbocycles. The van der Waals surface area contributed by atoms with Crippen LogP contribution in [0.4, 0.5) is 0 Å². The number of nitrogens with one attached hydrogen (secondary N) is 5. The molecule has 0 aromatic rings. The van der Waals surface area contributed by atoms with Gasteiger partial charge in [0.1, 0.15) is 24.2 Å². The summed E-state index contributed by atoms with van der Waals surface area (Å²) in [5.74, 6) is -8.91. The highest BCUT2D eigenvalue weighted by molar-refractivity contribution is 7.98. The molecule has 0 heterocycles. The monoisotopic (exact) mass is 564 g/mol. The van der Waals surface area contributed by atoms with E-state index in [-0.39, 0.29) is 13.0 Å². The molecule has 214 valence electrons. The molecular formula is C20H32N6O11S. The van der Waals surface area contributed by atoms with Gasteiger partial charge in [0.2, 0.25) is 29.5 Å². The highest BCUT2D eigenvalue weighted by Crippen LogP contribution is 2.04. The number of carbonyl (C=O) groups is 8. The van der Waals surface area contributed by atoms with E-state index in [0.717, 1.165) is 0 Å². The molecule has 17 nitrogen and oxygen atoms in total. The molecular weight excluding hydrogens is 532 g/mol. The predicted molar refractivity (Wildman–Crippen MR) is 131 cm³/mol. The Hall–Kier alpha value is -3.93. The number of nitrogens with two attached hydrogens (primary N) is 1. The molecule has 0 saturated heterocycles. The van der Waals surface area contributed by atoms with Crippen LogP contribution in [-0.4, -0.2) is 112 Å². The molecule has 10 N–H and O–H groups in total. The first-order chi connectivity index (χ1) is 17.7. The number of carboxylic acids is 3. The summed E-state index contributed by atoms with van der Waals surface area (Å²) < 4.78 is 0. The highest BCUT2D eigenvalue weighted by atomic mass is 32.2. The zero-order chi connectivity index (χ0) is 29.4. The summed E-state index contributed by atoms with van der Waals surface area (Å²) in [7, 11) is 0. The second kappa shape index (κ2) is 17.5. The van der Waals surface area contributed by atoms with Crippen LogP contribution in [0.2, 0.25) is 0 Å². The van der Waals surface area contributed by atoms with Gasteiger partial charge in [0.25, 0.3) is 0 Å². The largest absolute Gasteiger partial charge is 0.481 e. The van der Waals surface area contributed by atoms with Gasteiger partial charge in [0, 0.05) is 0 Å². The van der Waals surface area contributed by atoms with Crippen LogP contribution in [0.15, 0.2) is 0 Å².